The number of aliphatic hydroxyl groups is 3. The number of aromatic hydroxyl groups is 2. The van der Waals surface area contributed by atoms with E-state index in [1.807, 2.05) is 0 Å². The van der Waals surface area contributed by atoms with Crippen molar-refractivity contribution in [2.75, 3.05) is 21.2 Å². The summed E-state index contributed by atoms with van der Waals surface area (Å²) in [6, 6.07) is 1.90. The lowest BCUT2D eigenvalue weighted by atomic mass is 9.72. The van der Waals surface area contributed by atoms with Crippen molar-refractivity contribution < 1.29 is 49.3 Å². The summed E-state index contributed by atoms with van der Waals surface area (Å²) in [7, 11) is 4.80. The van der Waals surface area contributed by atoms with Gasteiger partial charge in [-0.05, 0) is 45.6 Å². The zero-order valence-corrected chi connectivity index (χ0v) is 22.2. The van der Waals surface area contributed by atoms with Crippen molar-refractivity contribution in [3.63, 3.8) is 0 Å². The van der Waals surface area contributed by atoms with Gasteiger partial charge in [0.2, 0.25) is 12.1 Å². The first-order valence-corrected chi connectivity index (χ1v) is 12.7. The lowest BCUT2D eigenvalue weighted by molar-refractivity contribution is -0.311. The Morgan fingerprint density at radius 3 is 2.38 bits per heavy atom. The van der Waals surface area contributed by atoms with Gasteiger partial charge >= 0.3 is 0 Å². The molecule has 11 nitrogen and oxygen atoms in total. The van der Waals surface area contributed by atoms with Gasteiger partial charge in [-0.15, -0.1) is 0 Å². The van der Waals surface area contributed by atoms with E-state index in [0.29, 0.717) is 11.1 Å². The Bertz CT molecular complexity index is 1450. The predicted molar refractivity (Wildman–Crippen MR) is 134 cm³/mol. The quantitative estimate of drug-likeness (QED) is 0.312. The minimum Gasteiger partial charge on any atom is -0.507 e. The van der Waals surface area contributed by atoms with E-state index in [4.69, 9.17) is 14.2 Å². The number of phenolic OH excluding ortho intramolecular Hbond substituents is 2. The summed E-state index contributed by atoms with van der Waals surface area (Å²) >= 11 is 0. The van der Waals surface area contributed by atoms with Crippen LogP contribution in [0.4, 0.5) is 0 Å². The molecule has 5 N–H and O–H groups in total. The topological polar surface area (TPSA) is 166 Å². The number of aliphatic hydroxyl groups excluding tert-OH is 2. The summed E-state index contributed by atoms with van der Waals surface area (Å²) in [4.78, 5) is 29.5. The lowest BCUT2D eigenvalue weighted by Crippen LogP contribution is -2.68. The Balaban J connectivity index is 1.58. The summed E-state index contributed by atoms with van der Waals surface area (Å²) in [6.45, 7) is 3.19. The molecule has 6 rings (SSSR count). The molecule has 2 bridgehead atoms. The van der Waals surface area contributed by atoms with Crippen molar-refractivity contribution in [1.29, 1.82) is 0 Å². The Labute approximate surface area is 224 Å². The Hall–Kier alpha value is -3.06. The number of benzene rings is 2. The van der Waals surface area contributed by atoms with Crippen LogP contribution in [0.5, 0.6) is 17.2 Å². The number of ketones is 2. The smallest absolute Gasteiger partial charge is 0.228 e. The highest BCUT2D eigenvalue weighted by Gasteiger charge is 2.59. The fourth-order valence-electron chi connectivity index (χ4n) is 6.76. The first-order chi connectivity index (χ1) is 18.2. The average molecular weight is 542 g/mol. The van der Waals surface area contributed by atoms with E-state index < -0.39 is 64.9 Å². The molecule has 0 spiro atoms. The third-order valence-corrected chi connectivity index (χ3v) is 8.66. The Morgan fingerprint density at radius 1 is 1.05 bits per heavy atom. The van der Waals surface area contributed by atoms with E-state index in [0.717, 1.165) is 0 Å². The average Bonchev–Trinajstić information content (AvgIpc) is 2.84. The molecule has 0 saturated carbocycles. The molecule has 0 radical (unpaired) electrons. The predicted octanol–water partition coefficient (Wildman–Crippen LogP) is 0.874. The van der Waals surface area contributed by atoms with Crippen LogP contribution in [0, 0.1) is 0 Å². The summed E-state index contributed by atoms with van der Waals surface area (Å²) in [6.07, 6.45) is -4.29. The number of hydrogen-bond acceptors (Lipinski definition) is 11. The second-order valence-corrected chi connectivity index (χ2v) is 11.6. The molecule has 0 aromatic heterocycles. The number of carbonyl (C=O) groups is 2. The Kier molecular flexibility index (Phi) is 5.52. The molecule has 4 aliphatic rings. The number of nitrogens with zero attached hydrogens (tertiary/aromatic N) is 1. The fourth-order valence-corrected chi connectivity index (χ4v) is 6.76. The molecule has 2 aromatic carbocycles. The van der Waals surface area contributed by atoms with Gasteiger partial charge in [0.15, 0.2) is 5.78 Å². The minimum atomic E-state index is -1.50. The van der Waals surface area contributed by atoms with E-state index in [1.165, 1.54) is 19.2 Å². The summed E-state index contributed by atoms with van der Waals surface area (Å²) in [5.41, 5.74) is -2.71. The molecular formula is C28H31NO10. The molecule has 0 amide bonds. The number of hydrogen-bond donors (Lipinski definition) is 5. The van der Waals surface area contributed by atoms with Gasteiger partial charge in [0.25, 0.3) is 0 Å². The van der Waals surface area contributed by atoms with Gasteiger partial charge in [0, 0.05) is 36.6 Å². The van der Waals surface area contributed by atoms with Gasteiger partial charge in [-0.1, -0.05) is 0 Å². The van der Waals surface area contributed by atoms with Crippen LogP contribution >= 0.6 is 0 Å². The van der Waals surface area contributed by atoms with Crippen LogP contribution in [-0.4, -0.2) is 93.3 Å². The van der Waals surface area contributed by atoms with Crippen LogP contribution in [0.3, 0.4) is 0 Å². The number of rotatable bonds is 2. The first-order valence-electron chi connectivity index (χ1n) is 12.7. The highest BCUT2D eigenvalue weighted by atomic mass is 16.7. The van der Waals surface area contributed by atoms with Gasteiger partial charge in [0.1, 0.15) is 35.1 Å². The van der Waals surface area contributed by atoms with E-state index in [1.54, 1.807) is 32.8 Å². The van der Waals surface area contributed by atoms with Crippen LogP contribution in [0.1, 0.15) is 74.9 Å². The number of methoxy groups -OCH3 is 1. The third-order valence-electron chi connectivity index (χ3n) is 8.66. The van der Waals surface area contributed by atoms with Gasteiger partial charge in [-0.3, -0.25) is 9.59 Å². The van der Waals surface area contributed by atoms with Crippen LogP contribution in [0.2, 0.25) is 0 Å². The van der Waals surface area contributed by atoms with E-state index >= 15 is 0 Å². The summed E-state index contributed by atoms with van der Waals surface area (Å²) < 4.78 is 17.4. The highest BCUT2D eigenvalue weighted by molar-refractivity contribution is 6.31. The molecule has 2 heterocycles. The number of ether oxygens (including phenoxy) is 3. The second-order valence-electron chi connectivity index (χ2n) is 11.6. The van der Waals surface area contributed by atoms with Gasteiger partial charge in [-0.2, -0.15) is 0 Å². The van der Waals surface area contributed by atoms with E-state index in [9.17, 15) is 35.1 Å². The minimum absolute atomic E-state index is 0.0835. The van der Waals surface area contributed by atoms with Crippen molar-refractivity contribution in [3.05, 3.63) is 51.1 Å². The maximum absolute atomic E-state index is 14.1. The zero-order valence-electron chi connectivity index (χ0n) is 22.2. The molecule has 1 saturated heterocycles. The van der Waals surface area contributed by atoms with Crippen LogP contribution < -0.4 is 4.74 Å². The van der Waals surface area contributed by atoms with Crippen molar-refractivity contribution in [2.45, 2.75) is 68.5 Å². The number of fused-ring (bicyclic) bond motifs is 8. The van der Waals surface area contributed by atoms with Crippen LogP contribution in [0.15, 0.2) is 12.1 Å². The molecular weight excluding hydrogens is 510 g/mol. The largest absolute Gasteiger partial charge is 0.507 e. The maximum Gasteiger partial charge on any atom is 0.228 e. The summed E-state index contributed by atoms with van der Waals surface area (Å²) in [5.74, 6) is -2.54. The maximum atomic E-state index is 14.1. The molecule has 1 unspecified atom stereocenters. The van der Waals surface area contributed by atoms with E-state index in [-0.39, 0.29) is 46.4 Å². The standard InChI is InChI=1S/C28H31NO10/c1-27(36)8-10-6-11-16(21(32)15(10)14(9-27)37-5)22(33)17-13(30)7-12-24(18(17)20(11)31)38-26-23(34)19(29(3)4)25(35)28(12,2)39-26/h6-7,14,19,23,25-26,30,32,34-36H,8-9H2,1-5H3/t14-,19+,23-,25+,26-,27?,28-/m0/s1. The number of carbonyl (C=O) groups excluding carboxylic acids is 2. The fraction of sp³-hybridized carbons (Fsp3) is 0.500. The molecule has 39 heavy (non-hydrogen) atoms. The number of likely N-dealkylation sites (N-methyl/N-ethyl adjacent to an activating group) is 1. The first kappa shape index (κ1) is 26.2. The van der Waals surface area contributed by atoms with E-state index in [2.05, 4.69) is 0 Å². The van der Waals surface area contributed by atoms with Crippen molar-refractivity contribution in [1.82, 2.24) is 4.90 Å². The lowest BCUT2D eigenvalue weighted by Gasteiger charge is -2.53. The summed E-state index contributed by atoms with van der Waals surface area (Å²) in [5, 5.41) is 55.4. The molecule has 2 aromatic rings. The normalized spacial score (nSPS) is 34.6. The van der Waals surface area contributed by atoms with Crippen LogP contribution in [0.25, 0.3) is 0 Å². The molecule has 208 valence electrons. The monoisotopic (exact) mass is 541 g/mol. The van der Waals surface area contributed by atoms with Gasteiger partial charge < -0.3 is 44.6 Å². The van der Waals surface area contributed by atoms with Crippen molar-refractivity contribution in [2.24, 2.45) is 0 Å². The van der Waals surface area contributed by atoms with Crippen molar-refractivity contribution in [3.8, 4) is 17.2 Å². The molecule has 7 atom stereocenters. The molecule has 11 heteroatoms. The van der Waals surface area contributed by atoms with Crippen LogP contribution in [-0.2, 0) is 21.5 Å². The molecule has 1 fully saturated rings. The molecule has 2 aliphatic carbocycles. The SMILES string of the molecule is CO[C@H]1CC(C)(O)Cc2cc3c(c(O)c21)C(=O)c1c(O)cc2c(c1C3=O)O[C@H]1O[C@]2(C)[C@H](O)[C@H](N(C)C)[C@@H]1O. The van der Waals surface area contributed by atoms with Gasteiger partial charge in [0.05, 0.1) is 34.4 Å². The zero-order chi connectivity index (χ0) is 28.3. The molecule has 2 aliphatic heterocycles. The van der Waals surface area contributed by atoms with Gasteiger partial charge in [-0.25, -0.2) is 0 Å². The second kappa shape index (κ2) is 8.23. The van der Waals surface area contributed by atoms with Crippen molar-refractivity contribution >= 4 is 11.6 Å². The highest BCUT2D eigenvalue weighted by Crippen LogP contribution is 2.54. The third kappa shape index (κ3) is 3.38. The Morgan fingerprint density at radius 2 is 1.74 bits per heavy atom. The number of phenols is 2.